The normalized spacial score (nSPS) is 18.2. The Morgan fingerprint density at radius 2 is 2.00 bits per heavy atom. The van der Waals surface area contributed by atoms with Gasteiger partial charge in [-0.05, 0) is 19.2 Å². The van der Waals surface area contributed by atoms with Crippen molar-refractivity contribution in [1.82, 2.24) is 4.90 Å². The van der Waals surface area contributed by atoms with Gasteiger partial charge in [0, 0.05) is 13.1 Å². The van der Waals surface area contributed by atoms with Gasteiger partial charge in [0.1, 0.15) is 5.75 Å². The summed E-state index contributed by atoms with van der Waals surface area (Å²) in [5.41, 5.74) is 0.607. The van der Waals surface area contributed by atoms with E-state index in [1.807, 2.05) is 18.0 Å². The first-order valence-corrected chi connectivity index (χ1v) is 4.95. The molecule has 4 nitrogen and oxygen atoms in total. The molecular weight excluding hydrogens is 192 g/mol. The summed E-state index contributed by atoms with van der Waals surface area (Å²) in [5.74, 6) is 0.195. The summed E-state index contributed by atoms with van der Waals surface area (Å²) in [4.78, 5) is 15.3. The molecule has 0 unspecified atom stereocenters. The molecule has 0 bridgehead atoms. The van der Waals surface area contributed by atoms with Gasteiger partial charge < -0.3 is 10.0 Å². The average Bonchev–Trinajstić information content (AvgIpc) is 2.20. The standard InChI is InChI=1S/C11H14N2O2/c1-12-6-7-13(11(15)8-12)9-4-2-3-5-10(9)14/h2-5,14H,6-8H2,1H3. The Hall–Kier alpha value is -1.55. The topological polar surface area (TPSA) is 43.8 Å². The maximum atomic E-state index is 11.7. The van der Waals surface area contributed by atoms with Crippen molar-refractivity contribution in [3.8, 4) is 5.75 Å². The van der Waals surface area contributed by atoms with E-state index >= 15 is 0 Å². The fraction of sp³-hybridized carbons (Fsp3) is 0.364. The summed E-state index contributed by atoms with van der Waals surface area (Å²) < 4.78 is 0. The Kier molecular flexibility index (Phi) is 2.60. The monoisotopic (exact) mass is 206 g/mol. The van der Waals surface area contributed by atoms with Crippen molar-refractivity contribution in [1.29, 1.82) is 0 Å². The van der Waals surface area contributed by atoms with Crippen molar-refractivity contribution in [2.75, 3.05) is 31.6 Å². The van der Waals surface area contributed by atoms with Crippen molar-refractivity contribution in [3.05, 3.63) is 24.3 Å². The van der Waals surface area contributed by atoms with E-state index in [0.29, 0.717) is 18.8 Å². The second kappa shape index (κ2) is 3.90. The molecule has 4 heteroatoms. The fourth-order valence-electron chi connectivity index (χ4n) is 1.74. The lowest BCUT2D eigenvalue weighted by Gasteiger charge is -2.32. The number of anilines is 1. The van der Waals surface area contributed by atoms with Crippen molar-refractivity contribution >= 4 is 11.6 Å². The van der Waals surface area contributed by atoms with Gasteiger partial charge in [-0.2, -0.15) is 0 Å². The number of para-hydroxylation sites is 2. The minimum Gasteiger partial charge on any atom is -0.506 e. The van der Waals surface area contributed by atoms with Crippen LogP contribution in [0.25, 0.3) is 0 Å². The minimum absolute atomic E-state index is 0.0326. The molecule has 0 saturated carbocycles. The van der Waals surface area contributed by atoms with E-state index in [1.54, 1.807) is 23.1 Å². The third-order valence-electron chi connectivity index (χ3n) is 2.58. The number of benzene rings is 1. The van der Waals surface area contributed by atoms with Gasteiger partial charge in [-0.3, -0.25) is 9.69 Å². The molecule has 1 aromatic rings. The van der Waals surface area contributed by atoms with Crippen LogP contribution in [-0.2, 0) is 4.79 Å². The van der Waals surface area contributed by atoms with E-state index in [0.717, 1.165) is 6.54 Å². The third-order valence-corrected chi connectivity index (χ3v) is 2.58. The molecule has 1 heterocycles. The average molecular weight is 206 g/mol. The second-order valence-corrected chi connectivity index (χ2v) is 3.77. The van der Waals surface area contributed by atoms with Crippen molar-refractivity contribution in [3.63, 3.8) is 0 Å². The Labute approximate surface area is 88.7 Å². The van der Waals surface area contributed by atoms with Gasteiger partial charge in [-0.15, -0.1) is 0 Å². The Bertz CT molecular complexity index is 379. The SMILES string of the molecule is CN1CCN(c2ccccc2O)C(=O)C1. The highest BCUT2D eigenvalue weighted by Gasteiger charge is 2.24. The summed E-state index contributed by atoms with van der Waals surface area (Å²) in [6, 6.07) is 6.93. The zero-order valence-corrected chi connectivity index (χ0v) is 8.68. The molecule has 1 aliphatic heterocycles. The molecule has 0 spiro atoms. The van der Waals surface area contributed by atoms with Crippen molar-refractivity contribution < 1.29 is 9.90 Å². The lowest BCUT2D eigenvalue weighted by molar-refractivity contribution is -0.120. The number of amides is 1. The number of rotatable bonds is 1. The fourth-order valence-corrected chi connectivity index (χ4v) is 1.74. The number of hydrogen-bond acceptors (Lipinski definition) is 3. The van der Waals surface area contributed by atoms with Crippen LogP contribution in [-0.4, -0.2) is 42.6 Å². The van der Waals surface area contributed by atoms with Gasteiger partial charge in [-0.25, -0.2) is 0 Å². The van der Waals surface area contributed by atoms with Gasteiger partial charge in [0.25, 0.3) is 0 Å². The van der Waals surface area contributed by atoms with Gasteiger partial charge in [0.15, 0.2) is 0 Å². The zero-order chi connectivity index (χ0) is 10.8. The number of hydrogen-bond donors (Lipinski definition) is 1. The molecule has 0 atom stereocenters. The molecular formula is C11H14N2O2. The van der Waals surface area contributed by atoms with E-state index in [4.69, 9.17) is 0 Å². The Morgan fingerprint density at radius 3 is 2.67 bits per heavy atom. The third kappa shape index (κ3) is 1.94. The molecule has 2 rings (SSSR count). The second-order valence-electron chi connectivity index (χ2n) is 3.77. The van der Waals surface area contributed by atoms with Crippen LogP contribution in [0.2, 0.25) is 0 Å². The molecule has 1 N–H and O–H groups in total. The molecule has 0 aromatic heterocycles. The number of carbonyl (C=O) groups excluding carboxylic acids is 1. The van der Waals surface area contributed by atoms with Gasteiger partial charge >= 0.3 is 0 Å². The number of piperazine rings is 1. The predicted octanol–water partition coefficient (Wildman–Crippen LogP) is 0.671. The highest BCUT2D eigenvalue weighted by atomic mass is 16.3. The smallest absolute Gasteiger partial charge is 0.241 e. The molecule has 80 valence electrons. The Balaban J connectivity index is 2.24. The number of likely N-dealkylation sites (N-methyl/N-ethyl adjacent to an activating group) is 1. The first-order chi connectivity index (χ1) is 7.18. The molecule has 1 aromatic carbocycles. The molecule has 1 saturated heterocycles. The summed E-state index contributed by atoms with van der Waals surface area (Å²) in [6.07, 6.45) is 0. The van der Waals surface area contributed by atoms with Crippen LogP contribution < -0.4 is 4.90 Å². The van der Waals surface area contributed by atoms with Crippen LogP contribution in [0.3, 0.4) is 0 Å². The van der Waals surface area contributed by atoms with Crippen molar-refractivity contribution in [2.24, 2.45) is 0 Å². The number of aromatic hydroxyl groups is 1. The molecule has 0 radical (unpaired) electrons. The van der Waals surface area contributed by atoms with Crippen LogP contribution in [0, 0.1) is 0 Å². The molecule has 1 fully saturated rings. The van der Waals surface area contributed by atoms with Crippen LogP contribution >= 0.6 is 0 Å². The minimum atomic E-state index is 0.0326. The van der Waals surface area contributed by atoms with Crippen LogP contribution in [0.5, 0.6) is 5.75 Å². The number of phenolic OH excluding ortho intramolecular Hbond substituents is 1. The molecule has 1 amide bonds. The number of phenols is 1. The largest absolute Gasteiger partial charge is 0.506 e. The van der Waals surface area contributed by atoms with E-state index in [1.165, 1.54) is 0 Å². The van der Waals surface area contributed by atoms with E-state index in [2.05, 4.69) is 0 Å². The highest BCUT2D eigenvalue weighted by Crippen LogP contribution is 2.27. The maximum Gasteiger partial charge on any atom is 0.241 e. The van der Waals surface area contributed by atoms with E-state index in [9.17, 15) is 9.90 Å². The highest BCUT2D eigenvalue weighted by molar-refractivity contribution is 5.96. The van der Waals surface area contributed by atoms with Crippen LogP contribution in [0.4, 0.5) is 5.69 Å². The molecule has 15 heavy (non-hydrogen) atoms. The lowest BCUT2D eigenvalue weighted by atomic mass is 10.2. The number of nitrogens with zero attached hydrogens (tertiary/aromatic N) is 2. The van der Waals surface area contributed by atoms with Gasteiger partial charge in [-0.1, -0.05) is 12.1 Å². The number of carbonyl (C=O) groups is 1. The van der Waals surface area contributed by atoms with Crippen molar-refractivity contribution in [2.45, 2.75) is 0 Å². The predicted molar refractivity (Wildman–Crippen MR) is 58.0 cm³/mol. The summed E-state index contributed by atoms with van der Waals surface area (Å²) in [7, 11) is 1.92. The summed E-state index contributed by atoms with van der Waals surface area (Å²) >= 11 is 0. The Morgan fingerprint density at radius 1 is 1.27 bits per heavy atom. The van der Waals surface area contributed by atoms with Crippen LogP contribution in [0.1, 0.15) is 0 Å². The van der Waals surface area contributed by atoms with E-state index < -0.39 is 0 Å². The van der Waals surface area contributed by atoms with E-state index in [-0.39, 0.29) is 11.7 Å². The van der Waals surface area contributed by atoms with Gasteiger partial charge in [0.2, 0.25) is 5.91 Å². The van der Waals surface area contributed by atoms with Gasteiger partial charge in [0.05, 0.1) is 12.2 Å². The molecule has 0 aliphatic carbocycles. The van der Waals surface area contributed by atoms with Crippen LogP contribution in [0.15, 0.2) is 24.3 Å². The molecule has 1 aliphatic rings. The summed E-state index contributed by atoms with van der Waals surface area (Å²) in [5, 5.41) is 9.64. The maximum absolute atomic E-state index is 11.7. The summed E-state index contributed by atoms with van der Waals surface area (Å²) in [6.45, 7) is 1.88. The quantitative estimate of drug-likeness (QED) is 0.734. The first-order valence-electron chi connectivity index (χ1n) is 4.95. The zero-order valence-electron chi connectivity index (χ0n) is 8.68. The lowest BCUT2D eigenvalue weighted by Crippen LogP contribution is -2.48. The first kappa shape index (κ1) is 9.98.